The maximum Gasteiger partial charge on any atom is 0.340 e. The molecule has 0 unspecified atom stereocenters. The Hall–Kier alpha value is -1.94. The van der Waals surface area contributed by atoms with Crippen LogP contribution in [0.2, 0.25) is 0 Å². The molecule has 4 heteroatoms. The fraction of sp³-hybridized carbons (Fsp3) is 0.143. The smallest absolute Gasteiger partial charge is 0.340 e. The molecule has 0 atom stereocenters. The standard InChI is InChI=1S/C14H13NO2S/c1-2-17-14(16)12(10-11-6-5-9-18-11)13-7-3-4-8-15-13/h3-10H,2H2,1H3/b12-10-. The number of aromatic nitrogens is 1. The number of thiophene rings is 1. The summed E-state index contributed by atoms with van der Waals surface area (Å²) in [5.41, 5.74) is 1.12. The molecule has 0 N–H and O–H groups in total. The van der Waals surface area contributed by atoms with Gasteiger partial charge in [-0.25, -0.2) is 4.79 Å². The molecule has 3 nitrogen and oxygen atoms in total. The first-order valence-corrected chi connectivity index (χ1v) is 6.53. The maximum absolute atomic E-state index is 11.9. The Morgan fingerprint density at radius 2 is 2.28 bits per heavy atom. The Kier molecular flexibility index (Phi) is 4.25. The molecule has 2 aromatic rings. The van der Waals surface area contributed by atoms with Crippen molar-refractivity contribution in [2.75, 3.05) is 6.61 Å². The van der Waals surface area contributed by atoms with Crippen LogP contribution in [0.5, 0.6) is 0 Å². The third-order valence-corrected chi connectivity index (χ3v) is 3.09. The number of nitrogens with zero attached hydrogens (tertiary/aromatic N) is 1. The lowest BCUT2D eigenvalue weighted by molar-refractivity contribution is -0.136. The molecular weight excluding hydrogens is 246 g/mol. The van der Waals surface area contributed by atoms with E-state index >= 15 is 0 Å². The van der Waals surface area contributed by atoms with Crippen molar-refractivity contribution in [3.05, 3.63) is 52.5 Å². The van der Waals surface area contributed by atoms with E-state index < -0.39 is 0 Å². The lowest BCUT2D eigenvalue weighted by Crippen LogP contribution is -2.07. The van der Waals surface area contributed by atoms with Gasteiger partial charge < -0.3 is 4.74 Å². The summed E-state index contributed by atoms with van der Waals surface area (Å²) in [7, 11) is 0. The Bertz CT molecular complexity index is 532. The van der Waals surface area contributed by atoms with Crippen LogP contribution in [0.1, 0.15) is 17.5 Å². The minimum atomic E-state index is -0.343. The van der Waals surface area contributed by atoms with E-state index in [9.17, 15) is 4.79 Å². The van der Waals surface area contributed by atoms with E-state index in [-0.39, 0.29) is 5.97 Å². The fourth-order valence-electron chi connectivity index (χ4n) is 1.48. The molecule has 0 radical (unpaired) electrons. The summed E-state index contributed by atoms with van der Waals surface area (Å²) < 4.78 is 5.06. The number of rotatable bonds is 4. The molecule has 0 amide bonds. The SMILES string of the molecule is CCOC(=O)/C(=C\c1cccs1)c1ccccn1. The van der Waals surface area contributed by atoms with Crippen molar-refractivity contribution in [1.82, 2.24) is 4.98 Å². The number of pyridine rings is 1. The highest BCUT2D eigenvalue weighted by atomic mass is 32.1. The van der Waals surface area contributed by atoms with Crippen molar-refractivity contribution < 1.29 is 9.53 Å². The summed E-state index contributed by atoms with van der Waals surface area (Å²) >= 11 is 1.57. The van der Waals surface area contributed by atoms with Gasteiger partial charge in [-0.15, -0.1) is 11.3 Å². The van der Waals surface area contributed by atoms with E-state index in [1.807, 2.05) is 35.7 Å². The van der Waals surface area contributed by atoms with E-state index in [1.54, 1.807) is 30.5 Å². The monoisotopic (exact) mass is 259 g/mol. The van der Waals surface area contributed by atoms with Crippen LogP contribution in [0.3, 0.4) is 0 Å². The van der Waals surface area contributed by atoms with Gasteiger partial charge in [0.2, 0.25) is 0 Å². The van der Waals surface area contributed by atoms with Gasteiger partial charge in [0.25, 0.3) is 0 Å². The van der Waals surface area contributed by atoms with Crippen LogP contribution in [-0.4, -0.2) is 17.6 Å². The zero-order valence-electron chi connectivity index (χ0n) is 10.00. The van der Waals surface area contributed by atoms with Crippen molar-refractivity contribution in [3.63, 3.8) is 0 Å². The molecule has 0 aliphatic carbocycles. The molecule has 0 aliphatic rings. The second kappa shape index (κ2) is 6.12. The molecule has 0 saturated heterocycles. The number of carbonyl (C=O) groups excluding carboxylic acids is 1. The van der Waals surface area contributed by atoms with Crippen molar-refractivity contribution in [2.45, 2.75) is 6.92 Å². The molecule has 0 bridgehead atoms. The van der Waals surface area contributed by atoms with Crippen LogP contribution < -0.4 is 0 Å². The molecule has 2 heterocycles. The molecule has 2 rings (SSSR count). The number of hydrogen-bond acceptors (Lipinski definition) is 4. The average Bonchev–Trinajstić information content (AvgIpc) is 2.90. The summed E-state index contributed by atoms with van der Waals surface area (Å²) in [4.78, 5) is 17.1. The molecule has 92 valence electrons. The zero-order chi connectivity index (χ0) is 12.8. The van der Waals surface area contributed by atoms with Gasteiger partial charge in [0.1, 0.15) is 0 Å². The largest absolute Gasteiger partial charge is 0.462 e. The first-order valence-electron chi connectivity index (χ1n) is 5.65. The minimum Gasteiger partial charge on any atom is -0.462 e. The summed E-state index contributed by atoms with van der Waals surface area (Å²) in [6, 6.07) is 9.36. The molecule has 0 spiro atoms. The topological polar surface area (TPSA) is 39.2 Å². The van der Waals surface area contributed by atoms with Crippen molar-refractivity contribution in [1.29, 1.82) is 0 Å². The van der Waals surface area contributed by atoms with E-state index in [0.29, 0.717) is 17.9 Å². The van der Waals surface area contributed by atoms with Gasteiger partial charge >= 0.3 is 5.97 Å². The van der Waals surface area contributed by atoms with E-state index in [1.165, 1.54) is 0 Å². The molecular formula is C14H13NO2S. The first-order chi connectivity index (χ1) is 8.81. The van der Waals surface area contributed by atoms with Gasteiger partial charge in [-0.3, -0.25) is 4.98 Å². The number of carbonyl (C=O) groups is 1. The highest BCUT2D eigenvalue weighted by Crippen LogP contribution is 2.20. The predicted octanol–water partition coefficient (Wildman–Crippen LogP) is 3.25. The van der Waals surface area contributed by atoms with Crippen LogP contribution in [-0.2, 0) is 9.53 Å². The Morgan fingerprint density at radius 3 is 2.89 bits per heavy atom. The van der Waals surface area contributed by atoms with Crippen LogP contribution in [0, 0.1) is 0 Å². The summed E-state index contributed by atoms with van der Waals surface area (Å²) in [5, 5.41) is 1.97. The van der Waals surface area contributed by atoms with Gasteiger partial charge in [-0.05, 0) is 36.6 Å². The van der Waals surface area contributed by atoms with E-state index in [2.05, 4.69) is 4.98 Å². The quantitative estimate of drug-likeness (QED) is 0.625. The van der Waals surface area contributed by atoms with Crippen molar-refractivity contribution in [2.24, 2.45) is 0 Å². The second-order valence-corrected chi connectivity index (χ2v) is 4.49. The third kappa shape index (κ3) is 3.05. The summed E-state index contributed by atoms with van der Waals surface area (Å²) in [6.07, 6.45) is 3.47. The Morgan fingerprint density at radius 1 is 1.39 bits per heavy atom. The number of hydrogen-bond donors (Lipinski definition) is 0. The van der Waals surface area contributed by atoms with Gasteiger partial charge in [-0.2, -0.15) is 0 Å². The van der Waals surface area contributed by atoms with Gasteiger partial charge in [0.05, 0.1) is 17.9 Å². The van der Waals surface area contributed by atoms with Crippen LogP contribution in [0.15, 0.2) is 41.9 Å². The predicted molar refractivity (Wildman–Crippen MR) is 73.1 cm³/mol. The third-order valence-electron chi connectivity index (χ3n) is 2.27. The normalized spacial score (nSPS) is 11.3. The molecule has 0 aromatic carbocycles. The molecule has 0 aliphatic heterocycles. The molecule has 2 aromatic heterocycles. The average molecular weight is 259 g/mol. The van der Waals surface area contributed by atoms with Crippen molar-refractivity contribution in [3.8, 4) is 0 Å². The highest BCUT2D eigenvalue weighted by molar-refractivity contribution is 7.10. The van der Waals surface area contributed by atoms with E-state index in [0.717, 1.165) is 4.88 Å². The van der Waals surface area contributed by atoms with Crippen molar-refractivity contribution >= 4 is 29.0 Å². The zero-order valence-corrected chi connectivity index (χ0v) is 10.8. The summed E-state index contributed by atoms with van der Waals surface area (Å²) in [5.74, 6) is -0.343. The fourth-order valence-corrected chi connectivity index (χ4v) is 2.14. The van der Waals surface area contributed by atoms with Gasteiger partial charge in [0.15, 0.2) is 0 Å². The first kappa shape index (κ1) is 12.5. The molecule has 18 heavy (non-hydrogen) atoms. The maximum atomic E-state index is 11.9. The Labute approximate surface area is 110 Å². The van der Waals surface area contributed by atoms with Gasteiger partial charge in [-0.1, -0.05) is 12.1 Å². The summed E-state index contributed by atoms with van der Waals surface area (Å²) in [6.45, 7) is 2.15. The molecule has 0 fully saturated rings. The van der Waals surface area contributed by atoms with Crippen LogP contribution in [0.25, 0.3) is 11.6 Å². The minimum absolute atomic E-state index is 0.343. The Balaban J connectivity index is 2.38. The van der Waals surface area contributed by atoms with E-state index in [4.69, 9.17) is 4.74 Å². The lowest BCUT2D eigenvalue weighted by atomic mass is 10.1. The highest BCUT2D eigenvalue weighted by Gasteiger charge is 2.14. The molecule has 0 saturated carbocycles. The number of esters is 1. The van der Waals surface area contributed by atoms with Gasteiger partial charge in [0, 0.05) is 11.1 Å². The lowest BCUT2D eigenvalue weighted by Gasteiger charge is -2.05. The number of ether oxygens (including phenoxy) is 1. The second-order valence-electron chi connectivity index (χ2n) is 3.51. The van der Waals surface area contributed by atoms with Crippen LogP contribution >= 0.6 is 11.3 Å². The van der Waals surface area contributed by atoms with Crippen LogP contribution in [0.4, 0.5) is 0 Å².